The van der Waals surface area contributed by atoms with Crippen LogP contribution in [0.3, 0.4) is 0 Å². The first-order chi connectivity index (χ1) is 16.2. The molecule has 200 valence electrons. The van der Waals surface area contributed by atoms with Crippen LogP contribution in [-0.4, -0.2) is 44.1 Å². The number of rotatable bonds is 28. The highest BCUT2D eigenvalue weighted by Crippen LogP contribution is 2.12. The number of nitrogens with two attached hydrogens (primary N) is 1. The summed E-state index contributed by atoms with van der Waals surface area (Å²) in [7, 11) is 0. The lowest BCUT2D eigenvalue weighted by atomic mass is 10.1. The van der Waals surface area contributed by atoms with E-state index in [4.69, 9.17) is 19.9 Å². The molecule has 0 aromatic rings. The Balaban J connectivity index is 3.61. The van der Waals surface area contributed by atoms with E-state index in [2.05, 4.69) is 13.8 Å². The van der Waals surface area contributed by atoms with Crippen LogP contribution in [-0.2, 0) is 14.2 Å². The molecule has 0 aromatic carbocycles. The predicted octanol–water partition coefficient (Wildman–Crippen LogP) is 7.48. The molecule has 3 N–H and O–H groups in total. The first-order valence-corrected chi connectivity index (χ1v) is 14.4. The van der Waals surface area contributed by atoms with Gasteiger partial charge < -0.3 is 19.3 Å². The molecule has 33 heavy (non-hydrogen) atoms. The number of ether oxygens (including phenoxy) is 3. The van der Waals surface area contributed by atoms with Gasteiger partial charge in [-0.1, -0.05) is 129 Å². The Morgan fingerprint density at radius 2 is 0.909 bits per heavy atom. The van der Waals surface area contributed by atoms with Crippen molar-refractivity contribution in [2.75, 3.05) is 26.4 Å². The Morgan fingerprint density at radius 1 is 0.515 bits per heavy atom. The van der Waals surface area contributed by atoms with Gasteiger partial charge in [0.15, 0.2) is 0 Å². The van der Waals surface area contributed by atoms with Crippen LogP contribution in [0.1, 0.15) is 142 Å². The lowest BCUT2D eigenvalue weighted by Crippen LogP contribution is -2.32. The summed E-state index contributed by atoms with van der Waals surface area (Å²) in [6.07, 6.45) is 25.0. The van der Waals surface area contributed by atoms with Gasteiger partial charge in [0.2, 0.25) is 6.41 Å². The van der Waals surface area contributed by atoms with Crippen molar-refractivity contribution in [3.63, 3.8) is 0 Å². The predicted molar refractivity (Wildman–Crippen MR) is 140 cm³/mol. The van der Waals surface area contributed by atoms with Gasteiger partial charge in [-0.15, -0.1) is 0 Å². The van der Waals surface area contributed by atoms with Crippen molar-refractivity contribution < 1.29 is 19.3 Å². The zero-order valence-electron chi connectivity index (χ0n) is 22.4. The summed E-state index contributed by atoms with van der Waals surface area (Å²) in [5.74, 6) is 0. The second-order valence-electron chi connectivity index (χ2n) is 9.66. The van der Waals surface area contributed by atoms with E-state index in [1.807, 2.05) is 0 Å². The molecule has 0 aliphatic rings. The molecular weight excluding hydrogens is 414 g/mol. The third kappa shape index (κ3) is 27.9. The highest BCUT2D eigenvalue weighted by molar-refractivity contribution is 4.57. The third-order valence-corrected chi connectivity index (χ3v) is 6.25. The second kappa shape index (κ2) is 28.0. The van der Waals surface area contributed by atoms with Gasteiger partial charge in [-0.25, -0.2) is 0 Å². The van der Waals surface area contributed by atoms with Gasteiger partial charge in [0, 0.05) is 13.2 Å². The Labute approximate surface area is 206 Å². The lowest BCUT2D eigenvalue weighted by Gasteiger charge is -2.19. The van der Waals surface area contributed by atoms with Crippen molar-refractivity contribution in [1.82, 2.24) is 0 Å². The molecule has 0 aromatic heterocycles. The number of aliphatic hydroxyl groups excluding tert-OH is 1. The van der Waals surface area contributed by atoms with E-state index in [-0.39, 0.29) is 12.7 Å². The third-order valence-electron chi connectivity index (χ3n) is 6.25. The van der Waals surface area contributed by atoms with Crippen LogP contribution in [0.15, 0.2) is 0 Å². The van der Waals surface area contributed by atoms with E-state index in [1.165, 1.54) is 116 Å². The average Bonchev–Trinajstić information content (AvgIpc) is 2.81. The quantitative estimate of drug-likeness (QED) is 0.0910. The molecule has 2 unspecified atom stereocenters. The molecule has 0 heterocycles. The first-order valence-electron chi connectivity index (χ1n) is 14.4. The Bertz CT molecular complexity index is 355. The fraction of sp³-hybridized carbons (Fsp3) is 1.00. The molecular formula is C28H59NO4. The van der Waals surface area contributed by atoms with Gasteiger partial charge in [-0.3, -0.25) is 5.73 Å². The van der Waals surface area contributed by atoms with Crippen LogP contribution >= 0.6 is 0 Å². The smallest absolute Gasteiger partial charge is 0.210 e. The lowest BCUT2D eigenvalue weighted by molar-refractivity contribution is -0.138. The molecule has 0 aliphatic heterocycles. The van der Waals surface area contributed by atoms with Crippen molar-refractivity contribution in [3.05, 3.63) is 0 Å². The van der Waals surface area contributed by atoms with Gasteiger partial charge in [-0.05, 0) is 12.8 Å². The van der Waals surface area contributed by atoms with Gasteiger partial charge in [0.05, 0.1) is 13.2 Å². The summed E-state index contributed by atoms with van der Waals surface area (Å²) < 4.78 is 16.9. The van der Waals surface area contributed by atoms with E-state index in [0.717, 1.165) is 19.4 Å². The summed E-state index contributed by atoms with van der Waals surface area (Å²) in [4.78, 5) is 0. The normalized spacial score (nSPS) is 13.5. The summed E-state index contributed by atoms with van der Waals surface area (Å²) in [6.45, 7) is 6.79. The summed E-state index contributed by atoms with van der Waals surface area (Å²) in [6, 6.07) is 0. The molecule has 0 fully saturated rings. The highest BCUT2D eigenvalue weighted by atomic mass is 16.6. The number of hydrogen-bond donors (Lipinski definition) is 2. The van der Waals surface area contributed by atoms with Gasteiger partial charge in [0.1, 0.15) is 6.10 Å². The van der Waals surface area contributed by atoms with E-state index in [9.17, 15) is 5.11 Å². The standard InChI is InChI=1S/C28H59NO4/c1-3-5-7-9-11-13-15-17-19-21-23-31-25-27(26-33-28(29)30)32-24-22-20-18-16-14-12-10-8-6-4-2/h27-28,30H,3-26,29H2,1-2H3. The van der Waals surface area contributed by atoms with Crippen molar-refractivity contribution in [1.29, 1.82) is 0 Å². The Hall–Kier alpha value is -0.200. The summed E-state index contributed by atoms with van der Waals surface area (Å²) >= 11 is 0. The van der Waals surface area contributed by atoms with Crippen molar-refractivity contribution in [2.45, 2.75) is 155 Å². The number of unbranched alkanes of at least 4 members (excludes halogenated alkanes) is 18. The highest BCUT2D eigenvalue weighted by Gasteiger charge is 2.11. The van der Waals surface area contributed by atoms with E-state index in [1.54, 1.807) is 0 Å². The maximum atomic E-state index is 9.19. The molecule has 0 saturated carbocycles. The molecule has 0 amide bonds. The number of hydrogen-bond acceptors (Lipinski definition) is 5. The summed E-state index contributed by atoms with van der Waals surface area (Å²) in [5.41, 5.74) is 5.31. The maximum Gasteiger partial charge on any atom is 0.210 e. The van der Waals surface area contributed by atoms with Crippen molar-refractivity contribution in [2.24, 2.45) is 5.73 Å². The largest absolute Gasteiger partial charge is 0.379 e. The minimum atomic E-state index is -1.25. The molecule has 0 bridgehead atoms. The van der Waals surface area contributed by atoms with Crippen LogP contribution in [0, 0.1) is 0 Å². The van der Waals surface area contributed by atoms with Crippen LogP contribution in [0.25, 0.3) is 0 Å². The maximum absolute atomic E-state index is 9.19. The molecule has 0 radical (unpaired) electrons. The van der Waals surface area contributed by atoms with Crippen LogP contribution in [0.2, 0.25) is 0 Å². The molecule has 0 rings (SSSR count). The molecule has 0 spiro atoms. The fourth-order valence-electron chi connectivity index (χ4n) is 4.10. The van der Waals surface area contributed by atoms with E-state index in [0.29, 0.717) is 13.2 Å². The second-order valence-corrected chi connectivity index (χ2v) is 9.66. The molecule has 0 aliphatic carbocycles. The topological polar surface area (TPSA) is 73.9 Å². The van der Waals surface area contributed by atoms with Gasteiger partial charge >= 0.3 is 0 Å². The minimum absolute atomic E-state index is 0.162. The molecule has 5 heteroatoms. The zero-order chi connectivity index (χ0) is 24.2. The van der Waals surface area contributed by atoms with Crippen molar-refractivity contribution >= 4 is 0 Å². The van der Waals surface area contributed by atoms with Gasteiger partial charge in [-0.2, -0.15) is 0 Å². The van der Waals surface area contributed by atoms with Crippen LogP contribution < -0.4 is 5.73 Å². The Morgan fingerprint density at radius 3 is 1.33 bits per heavy atom. The van der Waals surface area contributed by atoms with Crippen LogP contribution in [0.4, 0.5) is 0 Å². The Kier molecular flexibility index (Phi) is 27.9. The number of aliphatic hydroxyl groups is 1. The fourth-order valence-corrected chi connectivity index (χ4v) is 4.10. The summed E-state index contributed by atoms with van der Waals surface area (Å²) in [5, 5.41) is 9.19. The average molecular weight is 474 g/mol. The van der Waals surface area contributed by atoms with E-state index < -0.39 is 6.41 Å². The molecule has 5 nitrogen and oxygen atoms in total. The minimum Gasteiger partial charge on any atom is -0.379 e. The van der Waals surface area contributed by atoms with Crippen molar-refractivity contribution in [3.8, 4) is 0 Å². The molecule has 0 saturated heterocycles. The SMILES string of the molecule is CCCCCCCCCCCCOCC(COC(N)O)OCCCCCCCCCCCC. The molecule has 2 atom stereocenters. The van der Waals surface area contributed by atoms with Crippen LogP contribution in [0.5, 0.6) is 0 Å². The van der Waals surface area contributed by atoms with E-state index >= 15 is 0 Å². The first kappa shape index (κ1) is 32.8. The monoisotopic (exact) mass is 473 g/mol. The zero-order valence-corrected chi connectivity index (χ0v) is 22.4. The van der Waals surface area contributed by atoms with Gasteiger partial charge in [0.25, 0.3) is 0 Å².